The number of hydrogen-bond acceptors (Lipinski definition) is 7. The Hall–Kier alpha value is -1.74. The summed E-state index contributed by atoms with van der Waals surface area (Å²) in [6.07, 6.45) is 1.73. The van der Waals surface area contributed by atoms with Gasteiger partial charge in [-0.05, 0) is 12.8 Å². The molecule has 1 N–H and O–H groups in total. The van der Waals surface area contributed by atoms with Crippen molar-refractivity contribution in [2.24, 2.45) is 0 Å². The number of nitrogens with zero attached hydrogens (tertiary/aromatic N) is 6. The highest BCUT2D eigenvalue weighted by molar-refractivity contribution is 7.18. The molecule has 1 fully saturated rings. The molecule has 2 aromatic heterocycles. The molecule has 3 heterocycles. The van der Waals surface area contributed by atoms with E-state index >= 15 is 0 Å². The Bertz CT molecular complexity index is 641. The third-order valence-corrected chi connectivity index (χ3v) is 4.92. The maximum absolute atomic E-state index is 12.7. The van der Waals surface area contributed by atoms with Crippen molar-refractivity contribution in [3.8, 4) is 0 Å². The van der Waals surface area contributed by atoms with Crippen molar-refractivity contribution in [2.75, 3.05) is 25.5 Å². The summed E-state index contributed by atoms with van der Waals surface area (Å²) >= 11 is 7.40. The van der Waals surface area contributed by atoms with Gasteiger partial charge >= 0.3 is 0 Å². The van der Waals surface area contributed by atoms with Crippen LogP contribution in [-0.2, 0) is 0 Å². The second-order valence-corrected chi connectivity index (χ2v) is 6.27. The minimum Gasteiger partial charge on any atom is -0.354 e. The van der Waals surface area contributed by atoms with Gasteiger partial charge < -0.3 is 9.80 Å². The Morgan fingerprint density at radius 3 is 2.95 bits per heavy atom. The average molecular weight is 328 g/mol. The number of aromatic amines is 1. The lowest BCUT2D eigenvalue weighted by atomic mass is 10.2. The van der Waals surface area contributed by atoms with Crippen molar-refractivity contribution in [1.29, 1.82) is 0 Å². The largest absolute Gasteiger partial charge is 0.354 e. The van der Waals surface area contributed by atoms with E-state index in [0.717, 1.165) is 12.8 Å². The van der Waals surface area contributed by atoms with Gasteiger partial charge in [-0.2, -0.15) is 5.21 Å². The standard InChI is InChI=1S/C11H14ClN7OS/c1-18(2)11-13-8(12)7(21-11)10(20)19-5-3-4-6(19)9-14-16-17-15-9/h6H,3-5H2,1-2H3,(H,14,15,16,17). The number of nitrogens with one attached hydrogen (secondary N) is 1. The SMILES string of the molecule is CN(C)c1nc(Cl)c(C(=O)N2CCCC2c2nn[nH]n2)s1. The van der Waals surface area contributed by atoms with Gasteiger partial charge in [0.1, 0.15) is 4.88 Å². The maximum atomic E-state index is 12.7. The normalized spacial score (nSPS) is 18.2. The summed E-state index contributed by atoms with van der Waals surface area (Å²) < 4.78 is 0. The zero-order chi connectivity index (χ0) is 15.0. The Kier molecular flexibility index (Phi) is 3.77. The molecule has 3 rings (SSSR count). The van der Waals surface area contributed by atoms with Crippen molar-refractivity contribution in [3.63, 3.8) is 0 Å². The number of carbonyl (C=O) groups excluding carboxylic acids is 1. The zero-order valence-corrected chi connectivity index (χ0v) is 13.1. The fourth-order valence-electron chi connectivity index (χ4n) is 2.33. The van der Waals surface area contributed by atoms with Gasteiger partial charge in [-0.1, -0.05) is 28.2 Å². The number of rotatable bonds is 3. The quantitative estimate of drug-likeness (QED) is 0.915. The molecule has 0 bridgehead atoms. The molecule has 0 aliphatic carbocycles. The topological polar surface area (TPSA) is 90.9 Å². The van der Waals surface area contributed by atoms with Gasteiger partial charge in [0.05, 0.1) is 6.04 Å². The molecule has 112 valence electrons. The van der Waals surface area contributed by atoms with Crippen molar-refractivity contribution in [1.82, 2.24) is 30.5 Å². The van der Waals surface area contributed by atoms with Gasteiger partial charge in [-0.25, -0.2) is 4.98 Å². The lowest BCUT2D eigenvalue weighted by Crippen LogP contribution is -2.30. The molecule has 1 unspecified atom stereocenters. The van der Waals surface area contributed by atoms with Crippen LogP contribution in [0.3, 0.4) is 0 Å². The molecular weight excluding hydrogens is 314 g/mol. The number of hydrogen-bond donors (Lipinski definition) is 1. The summed E-state index contributed by atoms with van der Waals surface area (Å²) in [6.45, 7) is 0.656. The molecule has 8 nitrogen and oxygen atoms in total. The van der Waals surface area contributed by atoms with E-state index in [0.29, 0.717) is 22.4 Å². The molecule has 0 radical (unpaired) electrons. The number of H-pyrrole nitrogens is 1. The summed E-state index contributed by atoms with van der Waals surface area (Å²) in [5.41, 5.74) is 0. The molecule has 21 heavy (non-hydrogen) atoms. The second kappa shape index (κ2) is 5.57. The number of halogens is 1. The highest BCUT2D eigenvalue weighted by atomic mass is 35.5. The van der Waals surface area contributed by atoms with Crippen molar-refractivity contribution in [3.05, 3.63) is 15.9 Å². The van der Waals surface area contributed by atoms with Crippen molar-refractivity contribution >= 4 is 34.0 Å². The van der Waals surface area contributed by atoms with Crippen LogP contribution in [0, 0.1) is 0 Å². The predicted molar refractivity (Wildman–Crippen MR) is 78.6 cm³/mol. The van der Waals surface area contributed by atoms with E-state index in [1.807, 2.05) is 19.0 Å². The zero-order valence-electron chi connectivity index (χ0n) is 11.6. The molecule has 10 heteroatoms. The third kappa shape index (κ3) is 2.58. The molecule has 0 saturated carbocycles. The van der Waals surface area contributed by atoms with E-state index in [-0.39, 0.29) is 17.1 Å². The molecule has 2 aromatic rings. The fraction of sp³-hybridized carbons (Fsp3) is 0.545. The van der Waals surface area contributed by atoms with E-state index < -0.39 is 0 Å². The molecule has 1 amide bonds. The number of tetrazole rings is 1. The van der Waals surface area contributed by atoms with Gasteiger partial charge in [0.25, 0.3) is 5.91 Å². The molecular formula is C11H14ClN7OS. The lowest BCUT2D eigenvalue weighted by molar-refractivity contribution is 0.0735. The second-order valence-electron chi connectivity index (χ2n) is 4.94. The van der Waals surface area contributed by atoms with Gasteiger partial charge in [0.15, 0.2) is 16.1 Å². The Labute approximate surface area is 130 Å². The third-order valence-electron chi connectivity index (χ3n) is 3.32. The Morgan fingerprint density at radius 2 is 2.33 bits per heavy atom. The van der Waals surface area contributed by atoms with E-state index in [4.69, 9.17) is 11.6 Å². The van der Waals surface area contributed by atoms with E-state index in [1.165, 1.54) is 11.3 Å². The number of thiazole rings is 1. The first-order valence-corrected chi connectivity index (χ1v) is 7.65. The van der Waals surface area contributed by atoms with Crippen LogP contribution in [0.2, 0.25) is 5.15 Å². The molecule has 1 saturated heterocycles. The Morgan fingerprint density at radius 1 is 1.52 bits per heavy atom. The van der Waals surface area contributed by atoms with Gasteiger partial charge in [-0.15, -0.1) is 10.2 Å². The van der Waals surface area contributed by atoms with Crippen LogP contribution in [0.15, 0.2) is 0 Å². The smallest absolute Gasteiger partial charge is 0.267 e. The number of anilines is 1. The molecule has 0 aromatic carbocycles. The van der Waals surface area contributed by atoms with Gasteiger partial charge in [0.2, 0.25) is 0 Å². The first-order chi connectivity index (χ1) is 10.1. The number of carbonyl (C=O) groups is 1. The molecule has 0 spiro atoms. The average Bonchev–Trinajstić information content (AvgIpc) is 3.17. The van der Waals surface area contributed by atoms with Crippen LogP contribution < -0.4 is 4.90 Å². The summed E-state index contributed by atoms with van der Waals surface area (Å²) in [5.74, 6) is 0.409. The summed E-state index contributed by atoms with van der Waals surface area (Å²) in [6, 6.07) is -0.155. The number of aromatic nitrogens is 5. The number of likely N-dealkylation sites (tertiary alicyclic amines) is 1. The highest BCUT2D eigenvalue weighted by Crippen LogP contribution is 2.35. The summed E-state index contributed by atoms with van der Waals surface area (Å²) in [7, 11) is 3.72. The molecule has 1 aliphatic heterocycles. The van der Waals surface area contributed by atoms with E-state index in [1.54, 1.807) is 4.90 Å². The Balaban J connectivity index is 1.87. The predicted octanol–water partition coefficient (Wildman–Crippen LogP) is 1.35. The van der Waals surface area contributed by atoms with Crippen LogP contribution >= 0.6 is 22.9 Å². The minimum absolute atomic E-state index is 0.127. The monoisotopic (exact) mass is 327 g/mol. The van der Waals surface area contributed by atoms with Gasteiger partial charge in [0, 0.05) is 20.6 Å². The first-order valence-electron chi connectivity index (χ1n) is 6.46. The van der Waals surface area contributed by atoms with Crippen LogP contribution in [-0.4, -0.2) is 57.1 Å². The van der Waals surface area contributed by atoms with Crippen molar-refractivity contribution < 1.29 is 4.79 Å². The molecule has 1 aliphatic rings. The van der Waals surface area contributed by atoms with Crippen LogP contribution in [0.25, 0.3) is 0 Å². The van der Waals surface area contributed by atoms with Gasteiger partial charge in [-0.3, -0.25) is 4.79 Å². The van der Waals surface area contributed by atoms with Crippen LogP contribution in [0.4, 0.5) is 5.13 Å². The van der Waals surface area contributed by atoms with Crippen molar-refractivity contribution in [2.45, 2.75) is 18.9 Å². The maximum Gasteiger partial charge on any atom is 0.267 e. The lowest BCUT2D eigenvalue weighted by Gasteiger charge is -2.21. The van der Waals surface area contributed by atoms with E-state index in [9.17, 15) is 4.79 Å². The highest BCUT2D eigenvalue weighted by Gasteiger charge is 2.35. The number of amides is 1. The molecule has 1 atom stereocenters. The summed E-state index contributed by atoms with van der Waals surface area (Å²) in [5, 5.41) is 14.9. The van der Waals surface area contributed by atoms with E-state index in [2.05, 4.69) is 25.6 Å². The summed E-state index contributed by atoms with van der Waals surface area (Å²) in [4.78, 5) is 20.9. The van der Waals surface area contributed by atoms with Crippen LogP contribution in [0.1, 0.15) is 34.4 Å². The van der Waals surface area contributed by atoms with Crippen LogP contribution in [0.5, 0.6) is 0 Å². The first kappa shape index (κ1) is 14.2. The fourth-order valence-corrected chi connectivity index (χ4v) is 3.50. The minimum atomic E-state index is -0.155.